The first kappa shape index (κ1) is 12.7. The predicted molar refractivity (Wildman–Crippen MR) is 81.3 cm³/mol. The molecule has 0 aliphatic carbocycles. The molecule has 20 heavy (non-hydrogen) atoms. The van der Waals surface area contributed by atoms with Gasteiger partial charge in [0.15, 0.2) is 0 Å². The van der Waals surface area contributed by atoms with E-state index in [0.29, 0.717) is 6.61 Å². The van der Waals surface area contributed by atoms with Crippen LogP contribution >= 0.6 is 0 Å². The SMILES string of the molecule is CCOc1ccc(-c2cnc3cc(C)cc(C)n23)cc1. The van der Waals surface area contributed by atoms with Crippen molar-refractivity contribution in [3.8, 4) is 17.0 Å². The molecule has 2 heterocycles. The molecule has 0 bridgehead atoms. The highest BCUT2D eigenvalue weighted by Gasteiger charge is 2.08. The van der Waals surface area contributed by atoms with E-state index in [1.165, 1.54) is 11.3 Å². The number of benzene rings is 1. The van der Waals surface area contributed by atoms with E-state index < -0.39 is 0 Å². The van der Waals surface area contributed by atoms with Crippen LogP contribution in [0.5, 0.6) is 5.75 Å². The Morgan fingerprint density at radius 3 is 2.55 bits per heavy atom. The van der Waals surface area contributed by atoms with Crippen molar-refractivity contribution in [1.82, 2.24) is 9.38 Å². The number of pyridine rings is 1. The Hall–Kier alpha value is -2.29. The van der Waals surface area contributed by atoms with Crippen LogP contribution in [-0.4, -0.2) is 16.0 Å². The van der Waals surface area contributed by atoms with Gasteiger partial charge in [0.2, 0.25) is 0 Å². The van der Waals surface area contributed by atoms with Crippen molar-refractivity contribution in [1.29, 1.82) is 0 Å². The van der Waals surface area contributed by atoms with Gasteiger partial charge in [0.25, 0.3) is 0 Å². The zero-order chi connectivity index (χ0) is 14.1. The molecular formula is C17H18N2O. The average Bonchev–Trinajstić information content (AvgIpc) is 2.84. The second-order valence-electron chi connectivity index (χ2n) is 4.97. The van der Waals surface area contributed by atoms with E-state index in [0.717, 1.165) is 22.7 Å². The highest BCUT2D eigenvalue weighted by Crippen LogP contribution is 2.25. The molecule has 3 heteroatoms. The summed E-state index contributed by atoms with van der Waals surface area (Å²) < 4.78 is 7.67. The number of nitrogens with zero attached hydrogens (tertiary/aromatic N) is 2. The smallest absolute Gasteiger partial charge is 0.137 e. The van der Waals surface area contributed by atoms with E-state index in [-0.39, 0.29) is 0 Å². The van der Waals surface area contributed by atoms with Crippen LogP contribution in [0.25, 0.3) is 16.9 Å². The van der Waals surface area contributed by atoms with Gasteiger partial charge in [0.05, 0.1) is 18.5 Å². The fourth-order valence-corrected chi connectivity index (χ4v) is 2.57. The Bertz CT molecular complexity index is 742. The minimum atomic E-state index is 0.688. The van der Waals surface area contributed by atoms with Crippen molar-refractivity contribution in [3.05, 3.63) is 53.9 Å². The summed E-state index contributed by atoms with van der Waals surface area (Å²) in [7, 11) is 0. The summed E-state index contributed by atoms with van der Waals surface area (Å²) in [5.41, 5.74) is 5.68. The van der Waals surface area contributed by atoms with Gasteiger partial charge in [-0.25, -0.2) is 4.98 Å². The van der Waals surface area contributed by atoms with Crippen molar-refractivity contribution < 1.29 is 4.74 Å². The summed E-state index contributed by atoms with van der Waals surface area (Å²) in [6.07, 6.45) is 1.93. The van der Waals surface area contributed by atoms with Gasteiger partial charge in [-0.3, -0.25) is 4.40 Å². The number of hydrogen-bond donors (Lipinski definition) is 0. The van der Waals surface area contributed by atoms with E-state index in [1.807, 2.05) is 25.3 Å². The van der Waals surface area contributed by atoms with Crippen LogP contribution in [0.1, 0.15) is 18.2 Å². The summed E-state index contributed by atoms with van der Waals surface area (Å²) >= 11 is 0. The van der Waals surface area contributed by atoms with Crippen molar-refractivity contribution in [2.75, 3.05) is 6.61 Å². The molecule has 0 radical (unpaired) electrons. The monoisotopic (exact) mass is 266 g/mol. The Kier molecular flexibility index (Phi) is 3.18. The first-order valence-corrected chi connectivity index (χ1v) is 6.87. The van der Waals surface area contributed by atoms with Crippen molar-refractivity contribution in [2.24, 2.45) is 0 Å². The Morgan fingerprint density at radius 2 is 1.85 bits per heavy atom. The molecular weight excluding hydrogens is 248 g/mol. The molecule has 0 spiro atoms. The summed E-state index contributed by atoms with van der Waals surface area (Å²) in [6.45, 7) is 6.88. The minimum Gasteiger partial charge on any atom is -0.494 e. The maximum absolute atomic E-state index is 5.48. The van der Waals surface area contributed by atoms with Crippen molar-refractivity contribution in [2.45, 2.75) is 20.8 Å². The molecule has 0 saturated carbocycles. The van der Waals surface area contributed by atoms with Crippen LogP contribution in [0, 0.1) is 13.8 Å². The van der Waals surface area contributed by atoms with Gasteiger partial charge in [-0.15, -0.1) is 0 Å². The maximum Gasteiger partial charge on any atom is 0.137 e. The summed E-state index contributed by atoms with van der Waals surface area (Å²) in [5, 5.41) is 0. The van der Waals surface area contributed by atoms with Crippen LogP contribution in [0.15, 0.2) is 42.6 Å². The van der Waals surface area contributed by atoms with Gasteiger partial charge in [-0.1, -0.05) is 0 Å². The van der Waals surface area contributed by atoms with E-state index in [2.05, 4.69) is 47.5 Å². The molecule has 3 nitrogen and oxygen atoms in total. The quantitative estimate of drug-likeness (QED) is 0.716. The Morgan fingerprint density at radius 1 is 1.10 bits per heavy atom. The van der Waals surface area contributed by atoms with Gasteiger partial charge in [-0.2, -0.15) is 0 Å². The number of fused-ring (bicyclic) bond motifs is 1. The van der Waals surface area contributed by atoms with Gasteiger partial charge in [-0.05, 0) is 62.7 Å². The third-order valence-electron chi connectivity index (χ3n) is 3.40. The number of hydrogen-bond acceptors (Lipinski definition) is 2. The molecule has 0 amide bonds. The molecule has 3 rings (SSSR count). The standard InChI is InChI=1S/C17H18N2O/c1-4-20-15-7-5-14(6-8-15)16-11-18-17-10-12(2)9-13(3)19(16)17/h5-11H,4H2,1-3H3. The molecule has 0 N–H and O–H groups in total. The van der Waals surface area contributed by atoms with Crippen LogP contribution < -0.4 is 4.74 Å². The second-order valence-corrected chi connectivity index (χ2v) is 4.97. The third-order valence-corrected chi connectivity index (χ3v) is 3.40. The Balaban J connectivity index is 2.10. The lowest BCUT2D eigenvalue weighted by atomic mass is 10.1. The van der Waals surface area contributed by atoms with Crippen LogP contribution in [0.3, 0.4) is 0 Å². The molecule has 1 aromatic carbocycles. The maximum atomic E-state index is 5.48. The molecule has 0 aliphatic heterocycles. The minimum absolute atomic E-state index is 0.688. The molecule has 0 atom stereocenters. The molecule has 0 unspecified atom stereocenters. The van der Waals surface area contributed by atoms with Gasteiger partial charge < -0.3 is 4.74 Å². The first-order chi connectivity index (χ1) is 9.69. The van der Waals surface area contributed by atoms with Crippen molar-refractivity contribution in [3.63, 3.8) is 0 Å². The van der Waals surface area contributed by atoms with Crippen molar-refractivity contribution >= 4 is 5.65 Å². The lowest BCUT2D eigenvalue weighted by Gasteiger charge is -2.08. The fourth-order valence-electron chi connectivity index (χ4n) is 2.57. The normalized spacial score (nSPS) is 10.9. The van der Waals surface area contributed by atoms with E-state index in [9.17, 15) is 0 Å². The summed E-state index contributed by atoms with van der Waals surface area (Å²) in [4.78, 5) is 4.51. The molecule has 2 aromatic heterocycles. The van der Waals surface area contributed by atoms with E-state index >= 15 is 0 Å². The highest BCUT2D eigenvalue weighted by atomic mass is 16.5. The van der Waals surface area contributed by atoms with Crippen LogP contribution in [-0.2, 0) is 0 Å². The highest BCUT2D eigenvalue weighted by molar-refractivity contribution is 5.65. The third kappa shape index (κ3) is 2.16. The first-order valence-electron chi connectivity index (χ1n) is 6.87. The number of aryl methyl sites for hydroxylation is 2. The predicted octanol–water partition coefficient (Wildman–Crippen LogP) is 4.02. The van der Waals surface area contributed by atoms with Gasteiger partial charge in [0.1, 0.15) is 11.4 Å². The largest absolute Gasteiger partial charge is 0.494 e. The number of ether oxygens (including phenoxy) is 1. The average molecular weight is 266 g/mol. The fraction of sp³-hybridized carbons (Fsp3) is 0.235. The molecule has 0 fully saturated rings. The zero-order valence-corrected chi connectivity index (χ0v) is 12.1. The molecule has 102 valence electrons. The number of rotatable bonds is 3. The van der Waals surface area contributed by atoms with Gasteiger partial charge in [0, 0.05) is 11.3 Å². The lowest BCUT2D eigenvalue weighted by molar-refractivity contribution is 0.340. The Labute approximate surface area is 118 Å². The van der Waals surface area contributed by atoms with E-state index in [1.54, 1.807) is 0 Å². The molecule has 3 aromatic rings. The van der Waals surface area contributed by atoms with Gasteiger partial charge >= 0.3 is 0 Å². The molecule has 0 saturated heterocycles. The zero-order valence-electron chi connectivity index (χ0n) is 12.1. The summed E-state index contributed by atoms with van der Waals surface area (Å²) in [5.74, 6) is 0.901. The topological polar surface area (TPSA) is 26.5 Å². The lowest BCUT2D eigenvalue weighted by Crippen LogP contribution is -1.95. The van der Waals surface area contributed by atoms with Crippen LogP contribution in [0.2, 0.25) is 0 Å². The van der Waals surface area contributed by atoms with E-state index in [4.69, 9.17) is 4.74 Å². The summed E-state index contributed by atoms with van der Waals surface area (Å²) in [6, 6.07) is 12.4. The number of imidazole rings is 1. The number of aromatic nitrogens is 2. The molecule has 0 aliphatic rings. The van der Waals surface area contributed by atoms with Crippen LogP contribution in [0.4, 0.5) is 0 Å². The second kappa shape index (κ2) is 5.00.